The van der Waals surface area contributed by atoms with E-state index < -0.39 is 5.97 Å². The highest BCUT2D eigenvalue weighted by Gasteiger charge is 2.08. The zero-order valence-electron chi connectivity index (χ0n) is 11.7. The van der Waals surface area contributed by atoms with Crippen molar-refractivity contribution in [3.05, 3.63) is 53.0 Å². The number of rotatable bonds is 3. The van der Waals surface area contributed by atoms with Gasteiger partial charge < -0.3 is 5.11 Å². The third kappa shape index (κ3) is 3.09. The Bertz CT molecular complexity index is 668. The lowest BCUT2D eigenvalue weighted by Gasteiger charge is -2.10. The van der Waals surface area contributed by atoms with Gasteiger partial charge in [-0.1, -0.05) is 17.7 Å². The Kier molecular flexibility index (Phi) is 3.94. The fourth-order valence-electron chi connectivity index (χ4n) is 2.32. The number of hydrogen-bond donors (Lipinski definition) is 1. The molecule has 0 aliphatic carbocycles. The highest BCUT2D eigenvalue weighted by molar-refractivity contribution is 5.84. The maximum absolute atomic E-state index is 10.5. The van der Waals surface area contributed by atoms with Crippen LogP contribution in [0.25, 0.3) is 17.3 Å². The second kappa shape index (κ2) is 5.65. The lowest BCUT2D eigenvalue weighted by molar-refractivity contribution is -0.131. The number of carbonyl (C=O) groups is 1. The van der Waals surface area contributed by atoms with Gasteiger partial charge in [0.05, 0.1) is 5.69 Å². The number of hydrogen-bond acceptors (Lipinski definition) is 3. The van der Waals surface area contributed by atoms with Crippen LogP contribution in [-0.2, 0) is 4.79 Å². The highest BCUT2D eigenvalue weighted by Crippen LogP contribution is 2.26. The smallest absolute Gasteiger partial charge is 0.328 e. The van der Waals surface area contributed by atoms with Gasteiger partial charge in [0.2, 0.25) is 0 Å². The van der Waals surface area contributed by atoms with Crippen molar-refractivity contribution in [1.82, 2.24) is 9.97 Å². The van der Waals surface area contributed by atoms with E-state index in [-0.39, 0.29) is 0 Å². The average Bonchev–Trinajstić information content (AvgIpc) is 2.35. The molecule has 4 nitrogen and oxygen atoms in total. The van der Waals surface area contributed by atoms with Gasteiger partial charge in [0.25, 0.3) is 0 Å². The van der Waals surface area contributed by atoms with Crippen molar-refractivity contribution in [2.24, 2.45) is 0 Å². The summed E-state index contributed by atoms with van der Waals surface area (Å²) in [6, 6.07) is 6.05. The fourth-order valence-corrected chi connectivity index (χ4v) is 2.32. The molecule has 20 heavy (non-hydrogen) atoms. The van der Waals surface area contributed by atoms with Gasteiger partial charge in [-0.2, -0.15) is 0 Å². The van der Waals surface area contributed by atoms with E-state index in [0.717, 1.165) is 28.5 Å². The molecule has 0 radical (unpaired) electrons. The molecule has 2 aromatic rings. The van der Waals surface area contributed by atoms with E-state index in [1.165, 1.54) is 11.6 Å². The molecule has 1 N–H and O–H groups in total. The Labute approximate surface area is 117 Å². The molecule has 0 atom stereocenters. The minimum Gasteiger partial charge on any atom is -0.478 e. The largest absolute Gasteiger partial charge is 0.478 e. The maximum atomic E-state index is 10.5. The van der Waals surface area contributed by atoms with Gasteiger partial charge in [0, 0.05) is 17.8 Å². The van der Waals surface area contributed by atoms with E-state index >= 15 is 0 Å². The normalized spacial score (nSPS) is 10.9. The summed E-state index contributed by atoms with van der Waals surface area (Å²) < 4.78 is 0. The van der Waals surface area contributed by atoms with Crippen molar-refractivity contribution < 1.29 is 9.90 Å². The number of aromatic nitrogens is 2. The minimum absolute atomic E-state index is 0.393. The first-order chi connectivity index (χ1) is 9.47. The van der Waals surface area contributed by atoms with Crippen molar-refractivity contribution in [2.75, 3.05) is 0 Å². The lowest BCUT2D eigenvalue weighted by atomic mass is 9.97. The molecule has 0 saturated heterocycles. The summed E-state index contributed by atoms with van der Waals surface area (Å²) in [5.41, 5.74) is 5.38. The van der Waals surface area contributed by atoms with Gasteiger partial charge >= 0.3 is 5.97 Å². The topological polar surface area (TPSA) is 63.1 Å². The number of benzene rings is 1. The molecule has 0 unspecified atom stereocenters. The van der Waals surface area contributed by atoms with Crippen LogP contribution in [0, 0.1) is 20.8 Å². The summed E-state index contributed by atoms with van der Waals surface area (Å²) in [4.78, 5) is 19.0. The Morgan fingerprint density at radius 3 is 2.45 bits per heavy atom. The lowest BCUT2D eigenvalue weighted by Crippen LogP contribution is -1.96. The summed E-state index contributed by atoms with van der Waals surface area (Å²) in [6.45, 7) is 6.15. The van der Waals surface area contributed by atoms with Gasteiger partial charge in [-0.15, -0.1) is 0 Å². The van der Waals surface area contributed by atoms with Gasteiger partial charge in [-0.05, 0) is 44.0 Å². The molecule has 0 aliphatic heterocycles. The Morgan fingerprint density at radius 1 is 1.20 bits per heavy atom. The number of nitrogens with zero attached hydrogens (tertiary/aromatic N) is 2. The van der Waals surface area contributed by atoms with E-state index in [1.54, 1.807) is 6.20 Å². The molecule has 4 heteroatoms. The number of carboxylic acid groups (broad SMARTS) is 1. The average molecular weight is 268 g/mol. The second-order valence-electron chi connectivity index (χ2n) is 4.75. The molecule has 0 saturated carbocycles. The molecule has 0 amide bonds. The van der Waals surface area contributed by atoms with Crippen LogP contribution >= 0.6 is 0 Å². The van der Waals surface area contributed by atoms with E-state index in [4.69, 9.17) is 5.11 Å². The van der Waals surface area contributed by atoms with Crippen molar-refractivity contribution >= 4 is 12.0 Å². The summed E-state index contributed by atoms with van der Waals surface area (Å²) >= 11 is 0. The predicted molar refractivity (Wildman–Crippen MR) is 78.3 cm³/mol. The third-order valence-electron chi connectivity index (χ3n) is 2.98. The van der Waals surface area contributed by atoms with E-state index in [9.17, 15) is 4.79 Å². The molecule has 0 aliphatic rings. The molecule has 1 aromatic heterocycles. The molecule has 2 rings (SSSR count). The van der Waals surface area contributed by atoms with Crippen LogP contribution in [0.15, 0.2) is 30.5 Å². The first kappa shape index (κ1) is 13.9. The molecule has 102 valence electrons. The maximum Gasteiger partial charge on any atom is 0.328 e. The Hall–Kier alpha value is -2.49. The predicted octanol–water partition coefficient (Wildman–Crippen LogP) is 3.17. The number of carboxylic acids is 1. The number of aryl methyl sites for hydroxylation is 3. The molecule has 1 heterocycles. The van der Waals surface area contributed by atoms with Crippen molar-refractivity contribution in [2.45, 2.75) is 20.8 Å². The van der Waals surface area contributed by atoms with E-state index in [2.05, 4.69) is 29.0 Å². The quantitative estimate of drug-likeness (QED) is 0.868. The van der Waals surface area contributed by atoms with Crippen LogP contribution in [-0.4, -0.2) is 21.0 Å². The SMILES string of the molecule is Cc1cc(C)c(-c2ccnc(/C=C/C(=O)O)n2)c(C)c1. The van der Waals surface area contributed by atoms with E-state index in [0.29, 0.717) is 5.82 Å². The minimum atomic E-state index is -1.01. The van der Waals surface area contributed by atoms with Gasteiger partial charge in [-0.3, -0.25) is 0 Å². The van der Waals surface area contributed by atoms with Crippen LogP contribution in [0.3, 0.4) is 0 Å². The summed E-state index contributed by atoms with van der Waals surface area (Å²) in [7, 11) is 0. The zero-order valence-corrected chi connectivity index (χ0v) is 11.7. The molecule has 0 bridgehead atoms. The van der Waals surface area contributed by atoms with Crippen molar-refractivity contribution in [3.8, 4) is 11.3 Å². The van der Waals surface area contributed by atoms with Gasteiger partial charge in [0.1, 0.15) is 0 Å². The summed E-state index contributed by atoms with van der Waals surface area (Å²) in [5.74, 6) is -0.619. The van der Waals surface area contributed by atoms with Crippen LogP contribution in [0.1, 0.15) is 22.5 Å². The van der Waals surface area contributed by atoms with Gasteiger partial charge in [-0.25, -0.2) is 14.8 Å². The molecular weight excluding hydrogens is 252 g/mol. The first-order valence-corrected chi connectivity index (χ1v) is 6.29. The second-order valence-corrected chi connectivity index (χ2v) is 4.75. The Morgan fingerprint density at radius 2 is 1.85 bits per heavy atom. The standard InChI is InChI=1S/C16H16N2O2/c1-10-8-11(2)16(12(3)9-10)13-6-7-17-14(18-13)4-5-15(19)20/h4-9H,1-3H3,(H,19,20)/b5-4+. The van der Waals surface area contributed by atoms with Crippen LogP contribution < -0.4 is 0 Å². The van der Waals surface area contributed by atoms with E-state index in [1.807, 2.05) is 19.9 Å². The monoisotopic (exact) mass is 268 g/mol. The summed E-state index contributed by atoms with van der Waals surface area (Å²) in [6.07, 6.45) is 4.07. The first-order valence-electron chi connectivity index (χ1n) is 6.29. The van der Waals surface area contributed by atoms with Gasteiger partial charge in [0.15, 0.2) is 5.82 Å². The summed E-state index contributed by atoms with van der Waals surface area (Å²) in [5, 5.41) is 8.64. The highest BCUT2D eigenvalue weighted by atomic mass is 16.4. The van der Waals surface area contributed by atoms with Crippen LogP contribution in [0.2, 0.25) is 0 Å². The van der Waals surface area contributed by atoms with Crippen molar-refractivity contribution in [3.63, 3.8) is 0 Å². The molecule has 1 aromatic carbocycles. The third-order valence-corrected chi connectivity index (χ3v) is 2.98. The van der Waals surface area contributed by atoms with Crippen LogP contribution in [0.4, 0.5) is 0 Å². The fraction of sp³-hybridized carbons (Fsp3) is 0.188. The molecular formula is C16H16N2O2. The van der Waals surface area contributed by atoms with Crippen LogP contribution in [0.5, 0.6) is 0 Å². The number of aliphatic carboxylic acids is 1. The Balaban J connectivity index is 2.49. The molecule has 0 fully saturated rings. The molecule has 0 spiro atoms. The van der Waals surface area contributed by atoms with Crippen molar-refractivity contribution in [1.29, 1.82) is 0 Å². The zero-order chi connectivity index (χ0) is 14.7.